The summed E-state index contributed by atoms with van der Waals surface area (Å²) in [5.41, 5.74) is 8.97. The van der Waals surface area contributed by atoms with Gasteiger partial charge in [0.1, 0.15) is 5.03 Å². The molecule has 2 aromatic rings. The summed E-state index contributed by atoms with van der Waals surface area (Å²) in [5.74, 6) is 0. The van der Waals surface area contributed by atoms with E-state index in [0.29, 0.717) is 6.54 Å². The predicted molar refractivity (Wildman–Crippen MR) is 70.0 cm³/mol. The monoisotopic (exact) mass is 245 g/mol. The van der Waals surface area contributed by atoms with Crippen LogP contribution in [0.2, 0.25) is 0 Å². The van der Waals surface area contributed by atoms with Crippen molar-refractivity contribution in [2.45, 2.75) is 30.3 Å². The fourth-order valence-electron chi connectivity index (χ4n) is 1.56. The van der Waals surface area contributed by atoms with Crippen LogP contribution in [0.3, 0.4) is 0 Å². The van der Waals surface area contributed by atoms with E-state index in [1.165, 1.54) is 0 Å². The highest BCUT2D eigenvalue weighted by molar-refractivity contribution is 7.99. The van der Waals surface area contributed by atoms with E-state index in [0.717, 1.165) is 26.7 Å². The molecule has 0 spiro atoms. The second kappa shape index (κ2) is 5.29. The van der Waals surface area contributed by atoms with Gasteiger partial charge in [-0.15, -0.1) is 5.10 Å². The highest BCUT2D eigenvalue weighted by atomic mass is 32.2. The summed E-state index contributed by atoms with van der Waals surface area (Å²) in [6.45, 7) is 4.50. The average Bonchev–Trinajstić information content (AvgIpc) is 2.36. The lowest BCUT2D eigenvalue weighted by atomic mass is 10.1. The van der Waals surface area contributed by atoms with E-state index in [1.54, 1.807) is 11.8 Å². The average molecular weight is 245 g/mol. The van der Waals surface area contributed by atoms with E-state index in [-0.39, 0.29) is 0 Å². The largest absolute Gasteiger partial charge is 0.326 e. The Morgan fingerprint density at radius 2 is 1.82 bits per heavy atom. The second-order valence-electron chi connectivity index (χ2n) is 3.81. The van der Waals surface area contributed by atoms with Crippen LogP contribution in [0.5, 0.6) is 0 Å². The Bertz CT molecular complexity index is 512. The summed E-state index contributed by atoms with van der Waals surface area (Å²) in [4.78, 5) is 1.15. The van der Waals surface area contributed by atoms with Gasteiger partial charge in [0.25, 0.3) is 0 Å². The number of rotatable bonds is 3. The number of aryl methyl sites for hydroxylation is 1. The number of hydrogen-bond acceptors (Lipinski definition) is 4. The summed E-state index contributed by atoms with van der Waals surface area (Å²) in [6, 6.07) is 10.1. The van der Waals surface area contributed by atoms with Crippen LogP contribution in [0.15, 0.2) is 40.3 Å². The minimum absolute atomic E-state index is 0.497. The molecule has 0 aliphatic rings. The summed E-state index contributed by atoms with van der Waals surface area (Å²) >= 11 is 1.61. The topological polar surface area (TPSA) is 51.8 Å². The fraction of sp³-hybridized carbons (Fsp3) is 0.231. The number of aromatic nitrogens is 2. The van der Waals surface area contributed by atoms with Gasteiger partial charge >= 0.3 is 0 Å². The molecule has 4 heteroatoms. The van der Waals surface area contributed by atoms with Crippen LogP contribution in [0, 0.1) is 13.8 Å². The van der Waals surface area contributed by atoms with Gasteiger partial charge in [0, 0.05) is 17.0 Å². The molecule has 0 amide bonds. The van der Waals surface area contributed by atoms with Gasteiger partial charge in [-0.1, -0.05) is 30.0 Å². The van der Waals surface area contributed by atoms with Crippen molar-refractivity contribution in [1.82, 2.24) is 10.2 Å². The predicted octanol–water partition coefficient (Wildman–Crippen LogP) is 2.70. The smallest absolute Gasteiger partial charge is 0.128 e. The van der Waals surface area contributed by atoms with Gasteiger partial charge in [-0.3, -0.25) is 0 Å². The molecule has 0 aliphatic heterocycles. The second-order valence-corrected chi connectivity index (χ2v) is 4.88. The molecule has 1 aromatic heterocycles. The first-order valence-electron chi connectivity index (χ1n) is 5.48. The normalized spacial score (nSPS) is 10.5. The Hall–Kier alpha value is -1.39. The molecule has 0 fully saturated rings. The molecule has 0 unspecified atom stereocenters. The third-order valence-electron chi connectivity index (χ3n) is 2.71. The molecular formula is C13H15N3S. The van der Waals surface area contributed by atoms with E-state index in [4.69, 9.17) is 5.73 Å². The highest BCUT2D eigenvalue weighted by Gasteiger charge is 2.10. The maximum atomic E-state index is 5.79. The maximum absolute atomic E-state index is 5.79. The fourth-order valence-corrected chi connectivity index (χ4v) is 2.51. The van der Waals surface area contributed by atoms with Gasteiger partial charge in [0.05, 0.1) is 5.69 Å². The van der Waals surface area contributed by atoms with Gasteiger partial charge in [0.15, 0.2) is 0 Å². The van der Waals surface area contributed by atoms with Gasteiger partial charge in [-0.05, 0) is 31.5 Å². The first kappa shape index (κ1) is 12.1. The highest BCUT2D eigenvalue weighted by Crippen LogP contribution is 2.29. The molecule has 0 bridgehead atoms. The van der Waals surface area contributed by atoms with Crippen molar-refractivity contribution >= 4 is 11.8 Å². The molecule has 88 valence electrons. The van der Waals surface area contributed by atoms with E-state index >= 15 is 0 Å². The molecule has 0 saturated carbocycles. The van der Waals surface area contributed by atoms with Crippen molar-refractivity contribution in [2.24, 2.45) is 5.73 Å². The van der Waals surface area contributed by atoms with E-state index in [1.807, 2.05) is 32.0 Å². The molecule has 3 nitrogen and oxygen atoms in total. The standard InChI is InChI=1S/C13H15N3S/c1-9-10(2)15-16-13(12(9)8-14)17-11-6-4-3-5-7-11/h3-7H,8,14H2,1-2H3. The quantitative estimate of drug-likeness (QED) is 0.903. The minimum Gasteiger partial charge on any atom is -0.326 e. The lowest BCUT2D eigenvalue weighted by Gasteiger charge is -2.10. The van der Waals surface area contributed by atoms with Crippen LogP contribution in [-0.2, 0) is 6.54 Å². The Morgan fingerprint density at radius 3 is 2.47 bits per heavy atom. The molecule has 0 radical (unpaired) electrons. The third kappa shape index (κ3) is 2.65. The summed E-state index contributed by atoms with van der Waals surface area (Å²) < 4.78 is 0. The van der Waals surface area contributed by atoms with Gasteiger partial charge < -0.3 is 5.73 Å². The number of hydrogen-bond donors (Lipinski definition) is 1. The number of nitrogens with two attached hydrogens (primary N) is 1. The van der Waals surface area contributed by atoms with Crippen LogP contribution >= 0.6 is 11.8 Å². The Labute approximate surface area is 105 Å². The summed E-state index contributed by atoms with van der Waals surface area (Å²) in [5, 5.41) is 9.30. The molecule has 17 heavy (non-hydrogen) atoms. The molecular weight excluding hydrogens is 230 g/mol. The summed E-state index contributed by atoms with van der Waals surface area (Å²) in [7, 11) is 0. The lowest BCUT2D eigenvalue weighted by Crippen LogP contribution is -2.06. The van der Waals surface area contributed by atoms with Crippen molar-refractivity contribution in [3.8, 4) is 0 Å². The zero-order chi connectivity index (χ0) is 12.3. The number of nitrogens with zero attached hydrogens (tertiary/aromatic N) is 2. The van der Waals surface area contributed by atoms with Crippen LogP contribution < -0.4 is 5.73 Å². The molecule has 0 aliphatic carbocycles. The maximum Gasteiger partial charge on any atom is 0.128 e. The van der Waals surface area contributed by atoms with Crippen LogP contribution in [-0.4, -0.2) is 10.2 Å². The van der Waals surface area contributed by atoms with Crippen molar-refractivity contribution in [3.63, 3.8) is 0 Å². The van der Waals surface area contributed by atoms with Gasteiger partial charge in [0.2, 0.25) is 0 Å². The first-order chi connectivity index (χ1) is 8.22. The van der Waals surface area contributed by atoms with Crippen molar-refractivity contribution < 1.29 is 0 Å². The first-order valence-corrected chi connectivity index (χ1v) is 6.29. The molecule has 0 saturated heterocycles. The Morgan fingerprint density at radius 1 is 1.12 bits per heavy atom. The van der Waals surface area contributed by atoms with Crippen LogP contribution in [0.4, 0.5) is 0 Å². The third-order valence-corrected chi connectivity index (χ3v) is 3.74. The lowest BCUT2D eigenvalue weighted by molar-refractivity contribution is 0.825. The van der Waals surface area contributed by atoms with Crippen molar-refractivity contribution in [3.05, 3.63) is 47.2 Å². The van der Waals surface area contributed by atoms with Crippen LogP contribution in [0.25, 0.3) is 0 Å². The number of benzene rings is 1. The van der Waals surface area contributed by atoms with Gasteiger partial charge in [-0.25, -0.2) is 0 Å². The van der Waals surface area contributed by atoms with Gasteiger partial charge in [-0.2, -0.15) is 5.10 Å². The van der Waals surface area contributed by atoms with E-state index in [2.05, 4.69) is 22.3 Å². The Balaban J connectivity index is 2.37. The van der Waals surface area contributed by atoms with Crippen molar-refractivity contribution in [1.29, 1.82) is 0 Å². The SMILES string of the molecule is Cc1nnc(Sc2ccccc2)c(CN)c1C. The minimum atomic E-state index is 0.497. The molecule has 0 atom stereocenters. The zero-order valence-electron chi connectivity index (χ0n) is 9.97. The molecule has 2 rings (SSSR count). The molecule has 1 heterocycles. The summed E-state index contributed by atoms with van der Waals surface area (Å²) in [6.07, 6.45) is 0. The van der Waals surface area contributed by atoms with Crippen LogP contribution in [0.1, 0.15) is 16.8 Å². The molecule has 1 aromatic carbocycles. The zero-order valence-corrected chi connectivity index (χ0v) is 10.8. The van der Waals surface area contributed by atoms with Crippen molar-refractivity contribution in [2.75, 3.05) is 0 Å². The van der Waals surface area contributed by atoms with E-state index < -0.39 is 0 Å². The van der Waals surface area contributed by atoms with E-state index in [9.17, 15) is 0 Å². The Kier molecular flexibility index (Phi) is 3.76. The molecule has 2 N–H and O–H groups in total.